The summed E-state index contributed by atoms with van der Waals surface area (Å²) in [6, 6.07) is -1.30. The molecule has 0 saturated carbocycles. The number of hydrogen-bond donors (Lipinski definition) is 2. The predicted octanol–water partition coefficient (Wildman–Crippen LogP) is 0.316. The predicted molar refractivity (Wildman–Crippen MR) is 94.8 cm³/mol. The topological polar surface area (TPSA) is 113 Å². The minimum atomic E-state index is -0.698. The summed E-state index contributed by atoms with van der Waals surface area (Å²) < 4.78 is 0. The molecular formula is C18H27N3O5. The van der Waals surface area contributed by atoms with Crippen molar-refractivity contribution < 1.29 is 24.0 Å². The van der Waals surface area contributed by atoms with Crippen LogP contribution in [-0.4, -0.2) is 53.4 Å². The molecule has 144 valence electrons. The average Bonchev–Trinajstić information content (AvgIpc) is 2.90. The van der Waals surface area contributed by atoms with Gasteiger partial charge in [0.05, 0.1) is 6.04 Å². The van der Waals surface area contributed by atoms with E-state index in [1.165, 1.54) is 17.1 Å². The van der Waals surface area contributed by atoms with Gasteiger partial charge >= 0.3 is 0 Å². The van der Waals surface area contributed by atoms with E-state index < -0.39 is 12.1 Å². The second-order valence-electron chi connectivity index (χ2n) is 6.69. The van der Waals surface area contributed by atoms with Crippen LogP contribution in [-0.2, 0) is 24.0 Å². The molecule has 8 heteroatoms. The van der Waals surface area contributed by atoms with Gasteiger partial charge in [-0.3, -0.25) is 24.1 Å². The Kier molecular flexibility index (Phi) is 8.67. The molecule has 1 aliphatic heterocycles. The van der Waals surface area contributed by atoms with E-state index in [-0.39, 0.29) is 36.0 Å². The molecule has 0 spiro atoms. The van der Waals surface area contributed by atoms with Crippen LogP contribution in [0.2, 0.25) is 0 Å². The molecule has 0 aromatic heterocycles. The zero-order valence-electron chi connectivity index (χ0n) is 15.5. The lowest BCUT2D eigenvalue weighted by molar-refractivity contribution is -0.137. The maximum atomic E-state index is 12.1. The van der Waals surface area contributed by atoms with Crippen LogP contribution in [0.1, 0.15) is 46.5 Å². The second kappa shape index (κ2) is 10.5. The highest BCUT2D eigenvalue weighted by atomic mass is 16.2. The van der Waals surface area contributed by atoms with Crippen LogP contribution >= 0.6 is 0 Å². The standard InChI is InChI=1S/C18H27N3O5/c1-12(2)17(18(26)19-13(3)11-22)20-14(23)7-5-4-6-10-21-15(24)8-9-16(21)25/h8-9,11-13,17H,4-7,10H2,1-3H3,(H,19,26)(H,20,23). The smallest absolute Gasteiger partial charge is 0.253 e. The lowest BCUT2D eigenvalue weighted by atomic mass is 10.0. The molecule has 2 unspecified atom stereocenters. The number of carbonyl (C=O) groups is 5. The van der Waals surface area contributed by atoms with E-state index in [1.54, 1.807) is 6.92 Å². The minimum Gasteiger partial charge on any atom is -0.345 e. The van der Waals surface area contributed by atoms with Gasteiger partial charge in [0, 0.05) is 25.1 Å². The lowest BCUT2D eigenvalue weighted by Gasteiger charge is -2.22. The van der Waals surface area contributed by atoms with Gasteiger partial charge in [0.25, 0.3) is 11.8 Å². The first-order valence-electron chi connectivity index (χ1n) is 8.84. The highest BCUT2D eigenvalue weighted by Gasteiger charge is 2.25. The minimum absolute atomic E-state index is 0.113. The molecule has 26 heavy (non-hydrogen) atoms. The van der Waals surface area contributed by atoms with Gasteiger partial charge in [0.1, 0.15) is 12.3 Å². The number of nitrogens with zero attached hydrogens (tertiary/aromatic N) is 1. The molecular weight excluding hydrogens is 338 g/mol. The van der Waals surface area contributed by atoms with E-state index >= 15 is 0 Å². The summed E-state index contributed by atoms with van der Waals surface area (Å²) >= 11 is 0. The Morgan fingerprint density at radius 2 is 1.65 bits per heavy atom. The fraction of sp³-hybridized carbons (Fsp3) is 0.611. The molecule has 0 bridgehead atoms. The molecule has 2 atom stereocenters. The van der Waals surface area contributed by atoms with E-state index in [1.807, 2.05) is 13.8 Å². The number of hydrogen-bond acceptors (Lipinski definition) is 5. The molecule has 0 radical (unpaired) electrons. The van der Waals surface area contributed by atoms with Gasteiger partial charge in [-0.1, -0.05) is 20.3 Å². The van der Waals surface area contributed by atoms with Crippen LogP contribution in [0, 0.1) is 5.92 Å². The van der Waals surface area contributed by atoms with Crippen molar-refractivity contribution >= 4 is 29.9 Å². The first-order chi connectivity index (χ1) is 12.3. The zero-order valence-corrected chi connectivity index (χ0v) is 15.5. The molecule has 1 rings (SSSR count). The van der Waals surface area contributed by atoms with Crippen molar-refractivity contribution in [2.45, 2.75) is 58.5 Å². The molecule has 4 amide bonds. The Bertz CT molecular complexity index is 567. The van der Waals surface area contributed by atoms with Crippen molar-refractivity contribution in [3.8, 4) is 0 Å². The summed E-state index contributed by atoms with van der Waals surface area (Å²) in [5, 5.41) is 5.23. The highest BCUT2D eigenvalue weighted by Crippen LogP contribution is 2.08. The maximum Gasteiger partial charge on any atom is 0.253 e. The van der Waals surface area contributed by atoms with Crippen LogP contribution in [0.5, 0.6) is 0 Å². The summed E-state index contributed by atoms with van der Waals surface area (Å²) in [5.41, 5.74) is 0. The van der Waals surface area contributed by atoms with Crippen LogP contribution in [0.15, 0.2) is 12.2 Å². The monoisotopic (exact) mass is 365 g/mol. The third-order valence-corrected chi connectivity index (χ3v) is 4.03. The Hall–Kier alpha value is -2.51. The van der Waals surface area contributed by atoms with Crippen LogP contribution in [0.3, 0.4) is 0 Å². The molecule has 0 aliphatic carbocycles. The van der Waals surface area contributed by atoms with Gasteiger partial charge in [-0.2, -0.15) is 0 Å². The summed E-state index contributed by atoms with van der Waals surface area (Å²) in [5.74, 6) is -1.34. The van der Waals surface area contributed by atoms with Crippen LogP contribution in [0.25, 0.3) is 0 Å². The molecule has 2 N–H and O–H groups in total. The van der Waals surface area contributed by atoms with Crippen molar-refractivity contribution in [2.75, 3.05) is 6.54 Å². The molecule has 1 heterocycles. The zero-order chi connectivity index (χ0) is 19.7. The molecule has 0 fully saturated rings. The molecule has 8 nitrogen and oxygen atoms in total. The largest absolute Gasteiger partial charge is 0.345 e. The van der Waals surface area contributed by atoms with Gasteiger partial charge in [-0.25, -0.2) is 0 Å². The Morgan fingerprint density at radius 1 is 1.04 bits per heavy atom. The van der Waals surface area contributed by atoms with Gasteiger partial charge < -0.3 is 15.4 Å². The van der Waals surface area contributed by atoms with Crippen molar-refractivity contribution in [3.05, 3.63) is 12.2 Å². The van der Waals surface area contributed by atoms with Crippen molar-refractivity contribution in [2.24, 2.45) is 5.92 Å². The highest BCUT2D eigenvalue weighted by molar-refractivity contribution is 6.12. The van der Waals surface area contributed by atoms with Crippen LogP contribution < -0.4 is 10.6 Å². The van der Waals surface area contributed by atoms with Gasteiger partial charge in [0.15, 0.2) is 0 Å². The van der Waals surface area contributed by atoms with E-state index in [0.717, 1.165) is 0 Å². The lowest BCUT2D eigenvalue weighted by Crippen LogP contribution is -2.51. The maximum absolute atomic E-state index is 12.1. The number of rotatable bonds is 11. The number of amides is 4. The molecule has 0 aromatic rings. The Morgan fingerprint density at radius 3 is 2.19 bits per heavy atom. The molecule has 0 aromatic carbocycles. The third-order valence-electron chi connectivity index (χ3n) is 4.03. The fourth-order valence-corrected chi connectivity index (χ4v) is 2.51. The van der Waals surface area contributed by atoms with E-state index in [9.17, 15) is 24.0 Å². The quantitative estimate of drug-likeness (QED) is 0.311. The summed E-state index contributed by atoms with van der Waals surface area (Å²) in [6.07, 6.45) is 5.27. The van der Waals surface area contributed by atoms with Gasteiger partial charge in [-0.05, 0) is 25.7 Å². The Balaban J connectivity index is 2.30. The van der Waals surface area contributed by atoms with E-state index in [0.29, 0.717) is 32.1 Å². The van der Waals surface area contributed by atoms with Crippen molar-refractivity contribution in [1.29, 1.82) is 0 Å². The molecule has 1 aliphatic rings. The first kappa shape index (κ1) is 21.5. The van der Waals surface area contributed by atoms with Gasteiger partial charge in [0.2, 0.25) is 11.8 Å². The number of aldehydes is 1. The normalized spacial score (nSPS) is 15.9. The third kappa shape index (κ3) is 6.78. The fourth-order valence-electron chi connectivity index (χ4n) is 2.51. The summed E-state index contributed by atoms with van der Waals surface area (Å²) in [4.78, 5) is 58.8. The number of unbranched alkanes of at least 4 members (excludes halogenated alkanes) is 2. The average molecular weight is 365 g/mol. The summed E-state index contributed by atoms with van der Waals surface area (Å²) in [6.45, 7) is 5.53. The molecule has 0 saturated heterocycles. The number of carbonyl (C=O) groups excluding carboxylic acids is 5. The number of nitrogens with one attached hydrogen (secondary N) is 2. The summed E-state index contributed by atoms with van der Waals surface area (Å²) in [7, 11) is 0. The number of imide groups is 1. The van der Waals surface area contributed by atoms with Gasteiger partial charge in [-0.15, -0.1) is 0 Å². The van der Waals surface area contributed by atoms with E-state index in [2.05, 4.69) is 10.6 Å². The van der Waals surface area contributed by atoms with Crippen molar-refractivity contribution in [1.82, 2.24) is 15.5 Å². The second-order valence-corrected chi connectivity index (χ2v) is 6.69. The van der Waals surface area contributed by atoms with Crippen molar-refractivity contribution in [3.63, 3.8) is 0 Å². The SMILES string of the molecule is CC(C=O)NC(=O)C(NC(=O)CCCCCN1C(=O)C=CC1=O)C(C)C. The first-order valence-corrected chi connectivity index (χ1v) is 8.84. The Labute approximate surface area is 153 Å². The van der Waals surface area contributed by atoms with E-state index in [4.69, 9.17) is 0 Å². The van der Waals surface area contributed by atoms with Crippen LogP contribution in [0.4, 0.5) is 0 Å².